The van der Waals surface area contributed by atoms with Crippen molar-refractivity contribution >= 4 is 34.1 Å². The number of fused-ring (bicyclic) bond motifs is 13. The van der Waals surface area contributed by atoms with Gasteiger partial charge in [0.2, 0.25) is 0 Å². The summed E-state index contributed by atoms with van der Waals surface area (Å²) in [6.45, 7) is 18.6. The number of allylic oxidation sites excluding steroid dienone is 2. The van der Waals surface area contributed by atoms with Crippen molar-refractivity contribution in [2.24, 2.45) is 45.3 Å². The molecule has 392 valence electrons. The molecule has 1 fully saturated rings. The number of ketones is 1. The number of hydrogen-bond acceptors (Lipinski definition) is 17. The number of rotatable bonds is 11. The van der Waals surface area contributed by atoms with Crippen molar-refractivity contribution in [1.82, 2.24) is 19.9 Å². The third-order valence-corrected chi connectivity index (χ3v) is 14.9. The van der Waals surface area contributed by atoms with Crippen LogP contribution in [-0.4, -0.2) is 127 Å². The van der Waals surface area contributed by atoms with Gasteiger partial charge in [-0.1, -0.05) is 71.4 Å². The maximum Gasteiger partial charge on any atom is 0.328 e. The lowest BCUT2D eigenvalue weighted by atomic mass is 9.78. The number of phenolic OH excluding ortho intramolecular Hbond substituents is 2. The zero-order chi connectivity index (χ0) is 52.4. The molecule has 2 aromatic carbocycles. The lowest BCUT2D eigenvalue weighted by Gasteiger charge is -2.38. The Bertz CT molecular complexity index is 2740. The van der Waals surface area contributed by atoms with E-state index >= 15 is 0 Å². The van der Waals surface area contributed by atoms with Crippen LogP contribution in [0.4, 0.5) is 5.69 Å². The molecule has 0 aliphatic carbocycles. The van der Waals surface area contributed by atoms with Crippen molar-refractivity contribution in [3.05, 3.63) is 69.9 Å². The average molecular weight is 999 g/mol. The van der Waals surface area contributed by atoms with Crippen molar-refractivity contribution in [3.63, 3.8) is 0 Å². The average Bonchev–Trinajstić information content (AvgIpc) is 4.03. The van der Waals surface area contributed by atoms with E-state index < -0.39 is 82.9 Å². The van der Waals surface area contributed by atoms with Crippen molar-refractivity contribution in [2.45, 2.75) is 143 Å². The number of carbonyl (C=O) groups excluding carboxylic acids is 3. The summed E-state index contributed by atoms with van der Waals surface area (Å²) in [5.41, 5.74) is 6.18. The van der Waals surface area contributed by atoms with Crippen molar-refractivity contribution in [2.75, 3.05) is 38.6 Å². The predicted octanol–water partition coefficient (Wildman–Crippen LogP) is 4.69. The molecule has 19 nitrogen and oxygen atoms in total. The molecule has 0 unspecified atom stereocenters. The number of carbonyl (C=O) groups is 3. The van der Waals surface area contributed by atoms with Gasteiger partial charge in [-0.3, -0.25) is 19.4 Å². The van der Waals surface area contributed by atoms with Crippen LogP contribution in [0.25, 0.3) is 10.8 Å². The summed E-state index contributed by atoms with van der Waals surface area (Å²) in [5, 5.41) is 59.7. The molecule has 1 saturated heterocycles. The Balaban J connectivity index is 1.30. The Morgan fingerprint density at radius 2 is 1.69 bits per heavy atom. The van der Waals surface area contributed by atoms with E-state index in [-0.39, 0.29) is 56.2 Å². The lowest BCUT2D eigenvalue weighted by Crippen LogP contribution is -2.47. The number of aliphatic hydroxyl groups is 2. The number of aromatic nitrogens is 3. The monoisotopic (exact) mass is 999 g/mol. The lowest BCUT2D eigenvalue weighted by molar-refractivity contribution is -0.164. The highest BCUT2D eigenvalue weighted by Gasteiger charge is 2.51. The van der Waals surface area contributed by atoms with E-state index in [9.17, 15) is 34.8 Å². The van der Waals surface area contributed by atoms with Gasteiger partial charge in [-0.05, 0) is 51.6 Å². The number of Topliss-reactive ketones (excluding diaryl/α,β-unsaturated/α-hetero) is 1. The smallest absolute Gasteiger partial charge is 0.328 e. The van der Waals surface area contributed by atoms with E-state index in [1.54, 1.807) is 66.0 Å². The van der Waals surface area contributed by atoms with Crippen LogP contribution < -0.4 is 26.5 Å². The van der Waals surface area contributed by atoms with Gasteiger partial charge in [0.25, 0.3) is 11.7 Å². The van der Waals surface area contributed by atoms with Crippen LogP contribution in [-0.2, 0) is 36.8 Å². The van der Waals surface area contributed by atoms with Gasteiger partial charge in [0, 0.05) is 92.9 Å². The second-order valence-corrected chi connectivity index (χ2v) is 20.9. The summed E-state index contributed by atoms with van der Waals surface area (Å²) >= 11 is 0. The van der Waals surface area contributed by atoms with Crippen LogP contribution in [0.3, 0.4) is 0 Å². The number of aromatic hydroxyl groups is 2. The summed E-state index contributed by atoms with van der Waals surface area (Å²) < 4.78 is 26.1. The number of aliphatic hydroxyl groups excluding tert-OH is 2. The number of likely N-dealkylation sites (tertiary alicyclic amines) is 1. The quantitative estimate of drug-likeness (QED) is 0.0864. The van der Waals surface area contributed by atoms with Crippen LogP contribution in [0.2, 0.25) is 0 Å². The van der Waals surface area contributed by atoms with E-state index in [0.717, 1.165) is 31.5 Å². The molecule has 3 aromatic rings. The van der Waals surface area contributed by atoms with E-state index in [1.807, 2.05) is 0 Å². The first-order valence-corrected chi connectivity index (χ1v) is 25.3. The van der Waals surface area contributed by atoms with Crippen LogP contribution in [0, 0.1) is 36.5 Å². The molecule has 1 spiro atoms. The molecule has 6 heterocycles. The summed E-state index contributed by atoms with van der Waals surface area (Å²) in [5.74, 6) is -7.07. The number of nitrogens with zero attached hydrogens (tertiary/aromatic N) is 6. The first-order valence-electron chi connectivity index (χ1n) is 25.3. The van der Waals surface area contributed by atoms with Gasteiger partial charge in [0.05, 0.1) is 46.9 Å². The molecule has 1 aromatic heterocycles. The number of hydrogen-bond donors (Lipinski definition) is 6. The van der Waals surface area contributed by atoms with Gasteiger partial charge < -0.3 is 55.3 Å². The SMILES string of the molecule is CO[C@H]1/C=C/O[C@@]2(C)Oc3c(C)c(O)c4c(O)c(c5c(c4c3C2=O)NC2(CCN(CC(C)C)CC2)N=5)=NC(=O)/C(C)=C\C=C\[C@H](C)[C@H](O)[C@@H](C)[C@@H](O)[C@@H](C)[C@H](OC(=O)Cn2cc(CCCCCN)nn2)[C@@H]1C. The van der Waals surface area contributed by atoms with E-state index in [2.05, 4.69) is 39.4 Å². The van der Waals surface area contributed by atoms with Gasteiger partial charge in [-0.25, -0.2) is 9.67 Å². The van der Waals surface area contributed by atoms with Crippen LogP contribution in [0.1, 0.15) is 109 Å². The maximum absolute atomic E-state index is 14.9. The highest BCUT2D eigenvalue weighted by atomic mass is 16.7. The molecule has 9 atom stereocenters. The topological polar surface area (TPSA) is 266 Å². The van der Waals surface area contributed by atoms with Gasteiger partial charge in [-0.2, -0.15) is 0 Å². The summed E-state index contributed by atoms with van der Waals surface area (Å²) in [6, 6.07) is 0. The molecule has 0 radical (unpaired) electrons. The number of piperidine rings is 1. The molecule has 0 saturated carbocycles. The second kappa shape index (κ2) is 22.2. The Labute approximate surface area is 420 Å². The largest absolute Gasteiger partial charge is 0.507 e. The maximum atomic E-state index is 14.9. The van der Waals surface area contributed by atoms with Crippen molar-refractivity contribution in [3.8, 4) is 17.2 Å². The second-order valence-electron chi connectivity index (χ2n) is 20.9. The molecule has 5 bridgehead atoms. The number of nitrogens with one attached hydrogen (secondary N) is 1. The van der Waals surface area contributed by atoms with Crippen molar-refractivity contribution in [1.29, 1.82) is 0 Å². The Hall–Kier alpha value is -5.73. The van der Waals surface area contributed by atoms with Crippen LogP contribution >= 0.6 is 0 Å². The molecule has 5 aliphatic heterocycles. The minimum Gasteiger partial charge on any atom is -0.507 e. The number of anilines is 1. The third kappa shape index (κ3) is 11.0. The highest BCUT2D eigenvalue weighted by Crippen LogP contribution is 2.51. The first-order chi connectivity index (χ1) is 34.1. The fraction of sp³-hybridized carbons (Fsp3) is 0.604. The van der Waals surface area contributed by atoms with Gasteiger partial charge in [-0.15, -0.1) is 5.10 Å². The fourth-order valence-electron chi connectivity index (χ4n) is 10.5. The van der Waals surface area contributed by atoms with Crippen LogP contribution in [0.15, 0.2) is 52.3 Å². The molecule has 5 aliphatic rings. The molecule has 19 heteroatoms. The predicted molar refractivity (Wildman–Crippen MR) is 269 cm³/mol. The Morgan fingerprint density at radius 3 is 2.38 bits per heavy atom. The van der Waals surface area contributed by atoms with Gasteiger partial charge in [0.1, 0.15) is 40.5 Å². The van der Waals surface area contributed by atoms with Gasteiger partial charge >= 0.3 is 11.8 Å². The van der Waals surface area contributed by atoms with Gasteiger partial charge in [0.15, 0.2) is 5.75 Å². The molecule has 1 amide bonds. The number of unbranched alkanes of at least 4 members (excludes halogenated alkanes) is 2. The Kier molecular flexibility index (Phi) is 16.6. The number of benzene rings is 2. The first kappa shape index (κ1) is 54.1. The summed E-state index contributed by atoms with van der Waals surface area (Å²) in [7, 11) is 1.47. The number of methoxy groups -OCH3 is 1. The number of ether oxygens (including phenoxy) is 4. The van der Waals surface area contributed by atoms with Crippen molar-refractivity contribution < 1.29 is 53.8 Å². The van der Waals surface area contributed by atoms with E-state index in [1.165, 1.54) is 31.1 Å². The number of aryl methyl sites for hydroxylation is 1. The minimum atomic E-state index is -2.00. The third-order valence-electron chi connectivity index (χ3n) is 14.9. The standard InChI is InChI=1S/C53H74N8O11/c1-28(2)25-60-22-19-53(20-23-60)56-41-38-39-46(65)34(8)49-40(38)50(67)52(9,72-49)70-24-18-36(69-10)31(5)48(71-37(62)27-61-26-35(58-59-61)17-12-11-13-21-54)33(7)45(64)32(6)44(63)29(3)15-14-16-30(4)51(68)55-43(47(39)66)42(41)57-53/h14-16,18,24,26,28-29,31-33,36,44-45,48,56,63-66H,11-13,17,19-23,25,27,54H2,1-10H3/b15-14+,24-18+,30-16-,55-43?/t29-,31+,32+,33+,36-,44-,45+,48+,52-/m0/s1. The number of nitrogens with two attached hydrogens (primary N) is 1. The van der Waals surface area contributed by atoms with E-state index in [0.29, 0.717) is 50.5 Å². The van der Waals surface area contributed by atoms with Crippen LogP contribution in [0.5, 0.6) is 17.2 Å². The number of esters is 1. The molecule has 7 N–H and O–H groups in total. The zero-order valence-electron chi connectivity index (χ0n) is 43.3. The molecular formula is C53H74N8O11. The van der Waals surface area contributed by atoms with E-state index in [4.69, 9.17) is 29.7 Å². The summed E-state index contributed by atoms with van der Waals surface area (Å²) in [6.07, 6.45) is 9.80. The summed E-state index contributed by atoms with van der Waals surface area (Å²) in [4.78, 5) is 54.7. The molecule has 72 heavy (non-hydrogen) atoms. The zero-order valence-corrected chi connectivity index (χ0v) is 43.3. The normalized spacial score (nSPS) is 29.5. The number of phenols is 2. The number of amides is 1. The minimum absolute atomic E-state index is 0.0382. The molecular weight excluding hydrogens is 925 g/mol. The Morgan fingerprint density at radius 1 is 0.972 bits per heavy atom. The molecule has 8 rings (SSSR count). The highest BCUT2D eigenvalue weighted by molar-refractivity contribution is 6.21. The fourth-order valence-corrected chi connectivity index (χ4v) is 10.5.